The lowest BCUT2D eigenvalue weighted by molar-refractivity contribution is -0.125. The number of rotatable bonds is 4. The lowest BCUT2D eigenvalue weighted by Crippen LogP contribution is -2.50. The summed E-state index contributed by atoms with van der Waals surface area (Å²) in [6.07, 6.45) is 1.06. The van der Waals surface area contributed by atoms with Crippen molar-refractivity contribution in [2.75, 3.05) is 26.7 Å². The van der Waals surface area contributed by atoms with Gasteiger partial charge in [0, 0.05) is 36.6 Å². The van der Waals surface area contributed by atoms with Crippen molar-refractivity contribution in [2.45, 2.75) is 37.8 Å². The van der Waals surface area contributed by atoms with Gasteiger partial charge in [-0.2, -0.15) is 0 Å². The van der Waals surface area contributed by atoms with E-state index < -0.39 is 5.92 Å². The molecule has 0 radical (unpaired) electrons. The van der Waals surface area contributed by atoms with Crippen molar-refractivity contribution in [1.82, 2.24) is 15.1 Å². The number of hydrogen-bond donors (Lipinski definition) is 1. The fraction of sp³-hybridized carbons (Fsp3) is 0.435. The molecule has 0 spiro atoms. The number of carbonyl (C=O) groups excluding carboxylic acids is 3. The van der Waals surface area contributed by atoms with E-state index in [-0.39, 0.29) is 30.0 Å². The molecule has 164 valence electrons. The Hall–Kier alpha value is -2.87. The first kappa shape index (κ1) is 21.4. The molecule has 1 saturated heterocycles. The average molecular weight is 442 g/mol. The maximum atomic E-state index is 13.6. The highest BCUT2D eigenvalue weighted by Crippen LogP contribution is 2.43. The number of likely N-dealkylation sites (N-methyl/N-ethyl adjacent to an activating group) is 1. The van der Waals surface area contributed by atoms with Gasteiger partial charge >= 0.3 is 6.09 Å². The minimum Gasteiger partial charge on any atom is -0.450 e. The number of amides is 3. The molecule has 0 saturated carbocycles. The molecule has 2 aromatic rings. The Kier molecular flexibility index (Phi) is 6.27. The van der Waals surface area contributed by atoms with Gasteiger partial charge in [-0.05, 0) is 42.8 Å². The molecule has 4 rings (SSSR count). The summed E-state index contributed by atoms with van der Waals surface area (Å²) in [5.41, 5.74) is 1.35. The molecule has 31 heavy (non-hydrogen) atoms. The summed E-state index contributed by atoms with van der Waals surface area (Å²) in [6.45, 7) is 3.25. The van der Waals surface area contributed by atoms with E-state index in [2.05, 4.69) is 5.32 Å². The molecule has 3 heterocycles. The number of likely N-dealkylation sites (tertiary alicyclic amines) is 1. The molecule has 2 atom stereocenters. The van der Waals surface area contributed by atoms with E-state index in [9.17, 15) is 14.4 Å². The Balaban J connectivity index is 1.55. The fourth-order valence-corrected chi connectivity index (χ4v) is 5.39. The normalized spacial score (nSPS) is 21.5. The molecule has 2 aliphatic heterocycles. The van der Waals surface area contributed by atoms with Gasteiger partial charge in [0.1, 0.15) is 0 Å². The number of ether oxygens (including phenoxy) is 1. The number of benzene rings is 1. The van der Waals surface area contributed by atoms with Crippen LogP contribution < -0.4 is 5.32 Å². The molecule has 7 nitrogen and oxygen atoms in total. The molecule has 1 aromatic heterocycles. The van der Waals surface area contributed by atoms with E-state index in [0.717, 1.165) is 10.4 Å². The number of nitrogens with one attached hydrogen (secondary N) is 1. The lowest BCUT2D eigenvalue weighted by Gasteiger charge is -2.40. The SMILES string of the molecule is CCOC(=O)N1CCC(NC(=O)[C@@H]2c3ccccc3C(=O)N(C)[C@H]2c2cccs2)CC1. The molecule has 2 aliphatic rings. The third-order valence-electron chi connectivity index (χ3n) is 6.06. The Morgan fingerprint density at radius 3 is 2.58 bits per heavy atom. The summed E-state index contributed by atoms with van der Waals surface area (Å²) in [5.74, 6) is -0.638. The zero-order chi connectivity index (χ0) is 22.0. The van der Waals surface area contributed by atoms with Gasteiger partial charge in [0.2, 0.25) is 5.91 Å². The molecule has 1 aromatic carbocycles. The monoisotopic (exact) mass is 441 g/mol. The van der Waals surface area contributed by atoms with Crippen LogP contribution in [0.1, 0.15) is 52.5 Å². The van der Waals surface area contributed by atoms with Gasteiger partial charge in [0.25, 0.3) is 5.91 Å². The van der Waals surface area contributed by atoms with Crippen molar-refractivity contribution in [1.29, 1.82) is 0 Å². The summed E-state index contributed by atoms with van der Waals surface area (Å²) in [7, 11) is 1.76. The topological polar surface area (TPSA) is 79.0 Å². The van der Waals surface area contributed by atoms with E-state index >= 15 is 0 Å². The third kappa shape index (κ3) is 4.17. The van der Waals surface area contributed by atoms with E-state index in [1.54, 1.807) is 41.2 Å². The molecular weight excluding hydrogens is 414 g/mol. The summed E-state index contributed by atoms with van der Waals surface area (Å²) in [5, 5.41) is 5.16. The summed E-state index contributed by atoms with van der Waals surface area (Å²) >= 11 is 1.55. The fourth-order valence-electron chi connectivity index (χ4n) is 4.48. The van der Waals surface area contributed by atoms with Crippen molar-refractivity contribution >= 4 is 29.2 Å². The second-order valence-electron chi connectivity index (χ2n) is 7.91. The average Bonchev–Trinajstić information content (AvgIpc) is 3.31. The molecule has 0 unspecified atom stereocenters. The van der Waals surface area contributed by atoms with Crippen molar-refractivity contribution in [2.24, 2.45) is 0 Å². The van der Waals surface area contributed by atoms with Crippen LogP contribution in [0.4, 0.5) is 4.79 Å². The van der Waals surface area contributed by atoms with Crippen LogP contribution in [0.25, 0.3) is 0 Å². The van der Waals surface area contributed by atoms with Gasteiger partial charge in [-0.1, -0.05) is 24.3 Å². The van der Waals surface area contributed by atoms with Crippen LogP contribution in [-0.2, 0) is 9.53 Å². The van der Waals surface area contributed by atoms with E-state index in [0.29, 0.717) is 38.1 Å². The first-order valence-corrected chi connectivity index (χ1v) is 11.5. The zero-order valence-electron chi connectivity index (χ0n) is 17.7. The number of hydrogen-bond acceptors (Lipinski definition) is 5. The third-order valence-corrected chi connectivity index (χ3v) is 7.01. The Labute approximate surface area is 186 Å². The summed E-state index contributed by atoms with van der Waals surface area (Å²) in [6, 6.07) is 10.9. The quantitative estimate of drug-likeness (QED) is 0.789. The Morgan fingerprint density at radius 2 is 1.90 bits per heavy atom. The van der Waals surface area contributed by atoms with Crippen LogP contribution in [0, 0.1) is 0 Å². The van der Waals surface area contributed by atoms with Gasteiger partial charge in [0.05, 0.1) is 18.6 Å². The lowest BCUT2D eigenvalue weighted by atomic mass is 9.81. The second-order valence-corrected chi connectivity index (χ2v) is 8.89. The molecule has 0 aliphatic carbocycles. The minimum atomic E-state index is -0.486. The number of fused-ring (bicyclic) bond motifs is 1. The molecule has 1 N–H and O–H groups in total. The number of piperidine rings is 1. The zero-order valence-corrected chi connectivity index (χ0v) is 18.6. The molecular formula is C23H27N3O4S. The van der Waals surface area contributed by atoms with Gasteiger partial charge < -0.3 is 19.9 Å². The van der Waals surface area contributed by atoms with Crippen molar-refractivity contribution < 1.29 is 19.1 Å². The highest BCUT2D eigenvalue weighted by molar-refractivity contribution is 7.10. The van der Waals surface area contributed by atoms with Gasteiger partial charge in [-0.15, -0.1) is 11.3 Å². The first-order chi connectivity index (χ1) is 15.0. The van der Waals surface area contributed by atoms with Gasteiger partial charge in [-0.3, -0.25) is 9.59 Å². The largest absolute Gasteiger partial charge is 0.450 e. The molecule has 1 fully saturated rings. The first-order valence-electron chi connectivity index (χ1n) is 10.6. The van der Waals surface area contributed by atoms with E-state index in [4.69, 9.17) is 4.74 Å². The van der Waals surface area contributed by atoms with Gasteiger partial charge in [-0.25, -0.2) is 4.79 Å². The van der Waals surface area contributed by atoms with Crippen LogP contribution in [0.3, 0.4) is 0 Å². The number of carbonyl (C=O) groups is 3. The highest BCUT2D eigenvalue weighted by atomic mass is 32.1. The van der Waals surface area contributed by atoms with Crippen molar-refractivity contribution in [3.63, 3.8) is 0 Å². The predicted octanol–water partition coefficient (Wildman–Crippen LogP) is 3.40. The van der Waals surface area contributed by atoms with E-state index in [1.807, 2.05) is 35.7 Å². The maximum Gasteiger partial charge on any atom is 0.409 e. The van der Waals surface area contributed by atoms with Crippen molar-refractivity contribution in [3.05, 3.63) is 57.8 Å². The van der Waals surface area contributed by atoms with Crippen molar-refractivity contribution in [3.8, 4) is 0 Å². The molecule has 3 amide bonds. The van der Waals surface area contributed by atoms with E-state index in [1.165, 1.54) is 0 Å². The maximum absolute atomic E-state index is 13.6. The Bertz CT molecular complexity index is 953. The number of thiophene rings is 1. The highest BCUT2D eigenvalue weighted by Gasteiger charge is 2.43. The second kappa shape index (κ2) is 9.09. The van der Waals surface area contributed by atoms with Crippen LogP contribution in [-0.4, -0.2) is 60.5 Å². The number of nitrogens with zero attached hydrogens (tertiary/aromatic N) is 2. The standard InChI is InChI=1S/C23H27N3O4S/c1-3-30-23(29)26-12-10-15(11-13-26)24-21(27)19-16-7-4-5-8-17(16)22(28)25(2)20(19)18-9-6-14-31-18/h4-9,14-15,19-20H,3,10-13H2,1-2H3,(H,24,27)/t19-,20+/m1/s1. The van der Waals surface area contributed by atoms with Crippen LogP contribution in [0.2, 0.25) is 0 Å². The smallest absolute Gasteiger partial charge is 0.409 e. The summed E-state index contributed by atoms with van der Waals surface area (Å²) < 4.78 is 5.07. The van der Waals surface area contributed by atoms with Crippen LogP contribution in [0.15, 0.2) is 41.8 Å². The summed E-state index contributed by atoms with van der Waals surface area (Å²) in [4.78, 5) is 42.8. The van der Waals surface area contributed by atoms with Crippen LogP contribution in [0.5, 0.6) is 0 Å². The van der Waals surface area contributed by atoms with Gasteiger partial charge in [0.15, 0.2) is 0 Å². The molecule has 0 bridgehead atoms. The van der Waals surface area contributed by atoms with Crippen LogP contribution >= 0.6 is 11.3 Å². The Morgan fingerprint density at radius 1 is 1.16 bits per heavy atom. The molecule has 8 heteroatoms. The predicted molar refractivity (Wildman–Crippen MR) is 118 cm³/mol. The minimum absolute atomic E-state index is 0.0164.